The van der Waals surface area contributed by atoms with E-state index in [-0.39, 0.29) is 5.91 Å². The van der Waals surface area contributed by atoms with Gasteiger partial charge in [0.1, 0.15) is 0 Å². The number of hydrogen-bond acceptors (Lipinski definition) is 1. The highest BCUT2D eigenvalue weighted by atomic mass is 16.1. The number of benzene rings is 1. The van der Waals surface area contributed by atoms with Gasteiger partial charge in [-0.3, -0.25) is 4.79 Å². The summed E-state index contributed by atoms with van der Waals surface area (Å²) < 4.78 is 0. The Hall–Kier alpha value is -1.31. The molecule has 1 aromatic rings. The van der Waals surface area contributed by atoms with Crippen molar-refractivity contribution < 1.29 is 4.79 Å². The summed E-state index contributed by atoms with van der Waals surface area (Å²) in [6.45, 7) is 6.32. The summed E-state index contributed by atoms with van der Waals surface area (Å²) in [5.74, 6) is 0.697. The maximum Gasteiger partial charge on any atom is 0.251 e. The van der Waals surface area contributed by atoms with Crippen LogP contribution in [0, 0.1) is 19.8 Å². The Balaban J connectivity index is 2.09. The number of hydrogen-bond donors (Lipinski definition) is 1. The number of rotatable bonds is 2. The van der Waals surface area contributed by atoms with Crippen LogP contribution in [-0.2, 0) is 0 Å². The molecule has 0 saturated heterocycles. The first-order chi connectivity index (χ1) is 8.59. The molecule has 1 saturated carbocycles. The van der Waals surface area contributed by atoms with Crippen molar-refractivity contribution in [3.8, 4) is 0 Å². The fourth-order valence-electron chi connectivity index (χ4n) is 2.77. The maximum atomic E-state index is 12.3. The van der Waals surface area contributed by atoms with Crippen LogP contribution in [0.15, 0.2) is 18.2 Å². The quantitative estimate of drug-likeness (QED) is 0.847. The standard InChI is InChI=1S/C16H23NO/c1-11-8-6-9-14(13(11)3)16(18)17-15-10-5-4-7-12(15)2/h6,8-9,12,15H,4-5,7,10H2,1-3H3,(H,17,18). The lowest BCUT2D eigenvalue weighted by Crippen LogP contribution is -2.41. The number of amides is 1. The van der Waals surface area contributed by atoms with Gasteiger partial charge in [-0.15, -0.1) is 0 Å². The lowest BCUT2D eigenvalue weighted by molar-refractivity contribution is 0.0909. The number of carbonyl (C=O) groups is 1. The fraction of sp³-hybridized carbons (Fsp3) is 0.562. The van der Waals surface area contributed by atoms with Crippen molar-refractivity contribution >= 4 is 5.91 Å². The van der Waals surface area contributed by atoms with E-state index in [2.05, 4.69) is 25.2 Å². The van der Waals surface area contributed by atoms with Gasteiger partial charge in [-0.1, -0.05) is 31.9 Å². The minimum absolute atomic E-state index is 0.0925. The highest BCUT2D eigenvalue weighted by molar-refractivity contribution is 5.96. The molecule has 2 atom stereocenters. The van der Waals surface area contributed by atoms with Crippen LogP contribution in [0.5, 0.6) is 0 Å². The van der Waals surface area contributed by atoms with Crippen molar-refractivity contribution in [3.63, 3.8) is 0 Å². The zero-order chi connectivity index (χ0) is 13.1. The van der Waals surface area contributed by atoms with Gasteiger partial charge in [0.2, 0.25) is 0 Å². The van der Waals surface area contributed by atoms with Crippen molar-refractivity contribution in [3.05, 3.63) is 34.9 Å². The number of aryl methyl sites for hydroxylation is 1. The third-order valence-corrected chi connectivity index (χ3v) is 4.28. The predicted molar refractivity (Wildman–Crippen MR) is 74.8 cm³/mol. The minimum atomic E-state index is 0.0925. The molecule has 0 heterocycles. The molecule has 2 unspecified atom stereocenters. The van der Waals surface area contributed by atoms with Crippen molar-refractivity contribution in [2.75, 3.05) is 0 Å². The van der Waals surface area contributed by atoms with Gasteiger partial charge in [-0.2, -0.15) is 0 Å². The van der Waals surface area contributed by atoms with E-state index in [0.717, 1.165) is 17.5 Å². The SMILES string of the molecule is Cc1cccc(C(=O)NC2CCCCC2C)c1C. The summed E-state index contributed by atoms with van der Waals surface area (Å²) in [5.41, 5.74) is 3.10. The fourth-order valence-corrected chi connectivity index (χ4v) is 2.77. The molecule has 0 spiro atoms. The third-order valence-electron chi connectivity index (χ3n) is 4.28. The molecular formula is C16H23NO. The average Bonchev–Trinajstić information content (AvgIpc) is 2.35. The van der Waals surface area contributed by atoms with Crippen molar-refractivity contribution in [2.45, 2.75) is 52.5 Å². The smallest absolute Gasteiger partial charge is 0.251 e. The molecule has 0 radical (unpaired) electrons. The Labute approximate surface area is 110 Å². The Morgan fingerprint density at radius 2 is 1.94 bits per heavy atom. The van der Waals surface area contributed by atoms with Crippen LogP contribution in [0.1, 0.15) is 54.1 Å². The van der Waals surface area contributed by atoms with Gasteiger partial charge in [0.15, 0.2) is 0 Å². The molecule has 18 heavy (non-hydrogen) atoms. The average molecular weight is 245 g/mol. The van der Waals surface area contributed by atoms with E-state index in [1.165, 1.54) is 24.8 Å². The van der Waals surface area contributed by atoms with E-state index >= 15 is 0 Å². The topological polar surface area (TPSA) is 29.1 Å². The van der Waals surface area contributed by atoms with Crippen LogP contribution in [0.25, 0.3) is 0 Å². The van der Waals surface area contributed by atoms with E-state index in [9.17, 15) is 4.79 Å². The highest BCUT2D eigenvalue weighted by Crippen LogP contribution is 2.24. The molecule has 98 valence electrons. The van der Waals surface area contributed by atoms with Gasteiger partial charge in [0, 0.05) is 11.6 Å². The molecule has 2 rings (SSSR count). The minimum Gasteiger partial charge on any atom is -0.349 e. The van der Waals surface area contributed by atoms with Gasteiger partial charge < -0.3 is 5.32 Å². The normalized spacial score (nSPS) is 23.7. The molecule has 1 N–H and O–H groups in total. The lowest BCUT2D eigenvalue weighted by Gasteiger charge is -2.29. The monoisotopic (exact) mass is 245 g/mol. The summed E-state index contributed by atoms with van der Waals surface area (Å²) in [6, 6.07) is 6.29. The van der Waals surface area contributed by atoms with Crippen LogP contribution >= 0.6 is 0 Å². The molecule has 1 amide bonds. The van der Waals surface area contributed by atoms with Crippen molar-refractivity contribution in [1.29, 1.82) is 0 Å². The molecule has 1 aromatic carbocycles. The Bertz CT molecular complexity index is 439. The third kappa shape index (κ3) is 2.74. The Morgan fingerprint density at radius 1 is 1.22 bits per heavy atom. The van der Waals surface area contributed by atoms with Gasteiger partial charge in [-0.25, -0.2) is 0 Å². The first-order valence-corrected chi connectivity index (χ1v) is 6.96. The summed E-state index contributed by atoms with van der Waals surface area (Å²) in [4.78, 5) is 12.3. The van der Waals surface area contributed by atoms with Crippen LogP contribution < -0.4 is 5.32 Å². The van der Waals surface area contributed by atoms with E-state index in [4.69, 9.17) is 0 Å². The largest absolute Gasteiger partial charge is 0.349 e. The van der Waals surface area contributed by atoms with Crippen molar-refractivity contribution in [1.82, 2.24) is 5.32 Å². The van der Waals surface area contributed by atoms with Gasteiger partial charge in [0.25, 0.3) is 5.91 Å². The van der Waals surface area contributed by atoms with Crippen molar-refractivity contribution in [2.24, 2.45) is 5.92 Å². The molecule has 2 nitrogen and oxygen atoms in total. The summed E-state index contributed by atoms with van der Waals surface area (Å²) in [7, 11) is 0. The number of nitrogens with one attached hydrogen (secondary N) is 1. The van der Waals surface area contributed by atoms with E-state index in [1.807, 2.05) is 19.1 Å². The van der Waals surface area contributed by atoms with E-state index < -0.39 is 0 Å². The zero-order valence-electron chi connectivity index (χ0n) is 11.6. The molecular weight excluding hydrogens is 222 g/mol. The second-order valence-corrected chi connectivity index (χ2v) is 5.59. The zero-order valence-corrected chi connectivity index (χ0v) is 11.6. The van der Waals surface area contributed by atoms with Crippen LogP contribution in [0.4, 0.5) is 0 Å². The van der Waals surface area contributed by atoms with Gasteiger partial charge in [0.05, 0.1) is 0 Å². The van der Waals surface area contributed by atoms with Crippen LogP contribution in [-0.4, -0.2) is 11.9 Å². The van der Waals surface area contributed by atoms with E-state index in [1.54, 1.807) is 0 Å². The molecule has 1 aliphatic carbocycles. The van der Waals surface area contributed by atoms with Gasteiger partial charge in [-0.05, 0) is 49.8 Å². The molecule has 1 fully saturated rings. The van der Waals surface area contributed by atoms with Gasteiger partial charge >= 0.3 is 0 Å². The summed E-state index contributed by atoms with van der Waals surface area (Å²) >= 11 is 0. The van der Waals surface area contributed by atoms with Crippen LogP contribution in [0.2, 0.25) is 0 Å². The first kappa shape index (κ1) is 13.1. The Kier molecular flexibility index (Phi) is 4.05. The molecule has 2 heteroatoms. The second-order valence-electron chi connectivity index (χ2n) is 5.59. The summed E-state index contributed by atoms with van der Waals surface area (Å²) in [6.07, 6.45) is 4.90. The van der Waals surface area contributed by atoms with Crippen LogP contribution in [0.3, 0.4) is 0 Å². The predicted octanol–water partition coefficient (Wildman–Crippen LogP) is 3.61. The number of carbonyl (C=O) groups excluding carboxylic acids is 1. The Morgan fingerprint density at radius 3 is 2.67 bits per heavy atom. The first-order valence-electron chi connectivity index (χ1n) is 6.96. The molecule has 0 aliphatic heterocycles. The lowest BCUT2D eigenvalue weighted by atomic mass is 9.85. The molecule has 0 aromatic heterocycles. The maximum absolute atomic E-state index is 12.3. The second kappa shape index (κ2) is 5.55. The molecule has 1 aliphatic rings. The highest BCUT2D eigenvalue weighted by Gasteiger charge is 2.23. The van der Waals surface area contributed by atoms with E-state index in [0.29, 0.717) is 12.0 Å². The summed E-state index contributed by atoms with van der Waals surface area (Å²) in [5, 5.41) is 3.21. The molecule has 0 bridgehead atoms.